The van der Waals surface area contributed by atoms with Gasteiger partial charge in [-0.2, -0.15) is 43.9 Å². The van der Waals surface area contributed by atoms with Gasteiger partial charge in [0.2, 0.25) is 5.76 Å². The Hall–Kier alpha value is -1.23. The Morgan fingerprint density at radius 1 is 0.900 bits per heavy atom. The summed E-state index contributed by atoms with van der Waals surface area (Å²) in [6, 6.07) is 0. The minimum absolute atomic E-state index is 2.35. The Morgan fingerprint density at radius 3 is 1.55 bits per heavy atom. The summed E-state index contributed by atoms with van der Waals surface area (Å²) >= 11 is 0. The van der Waals surface area contributed by atoms with Crippen molar-refractivity contribution in [2.45, 2.75) is 36.7 Å². The third-order valence-corrected chi connectivity index (χ3v) is 2.20. The normalized spacial score (nSPS) is 22.6. The van der Waals surface area contributed by atoms with E-state index in [-0.39, 0.29) is 0 Å². The van der Waals surface area contributed by atoms with Crippen LogP contribution in [0.1, 0.15) is 6.42 Å². The van der Waals surface area contributed by atoms with Crippen LogP contribution < -0.4 is 0 Å². The van der Waals surface area contributed by atoms with E-state index >= 15 is 0 Å². The van der Waals surface area contributed by atoms with Crippen molar-refractivity contribution < 1.29 is 53.0 Å². The van der Waals surface area contributed by atoms with Gasteiger partial charge in [-0.05, 0) is 0 Å². The zero-order valence-corrected chi connectivity index (χ0v) is 8.85. The molecule has 0 saturated carbocycles. The molecule has 0 bridgehead atoms. The Kier molecular flexibility index (Phi) is 3.69. The highest BCUT2D eigenvalue weighted by Crippen LogP contribution is 2.53. The molecule has 0 heterocycles. The number of alkyl halides is 10. The van der Waals surface area contributed by atoms with Gasteiger partial charge in [0.05, 0.1) is 6.42 Å². The minimum atomic E-state index is -6.24. The van der Waals surface area contributed by atoms with Crippen LogP contribution >= 0.6 is 0 Å². The molecular weight excluding hydrogens is 321 g/mol. The second-order valence-electron chi connectivity index (χ2n) is 3.77. The summed E-state index contributed by atoms with van der Waals surface area (Å²) in [6.07, 6.45) is -19.7. The maximum atomic E-state index is 12.9. The number of hydrogen-bond acceptors (Lipinski definition) is 1. The molecule has 0 aliphatic heterocycles. The van der Waals surface area contributed by atoms with Crippen molar-refractivity contribution in [3.8, 4) is 0 Å². The predicted octanol–water partition coefficient (Wildman–Crippen LogP) is 4.35. The lowest BCUT2D eigenvalue weighted by molar-refractivity contribution is -0.322. The molecule has 1 aliphatic carbocycles. The standard InChI is InChI=1S/C8H3F11O/c9-2-1-5(10,11)6(12,13)3(2)20-4(7(14,15)16)8(17,18)19/h4H,1H2. The summed E-state index contributed by atoms with van der Waals surface area (Å²) < 4.78 is 139. The van der Waals surface area contributed by atoms with Gasteiger partial charge in [0.1, 0.15) is 0 Å². The molecule has 1 rings (SSSR count). The summed E-state index contributed by atoms with van der Waals surface area (Å²) in [7, 11) is 0. The van der Waals surface area contributed by atoms with Crippen molar-refractivity contribution >= 4 is 0 Å². The van der Waals surface area contributed by atoms with E-state index < -0.39 is 48.3 Å². The molecule has 0 unspecified atom stereocenters. The highest BCUT2D eigenvalue weighted by atomic mass is 19.4. The van der Waals surface area contributed by atoms with E-state index in [2.05, 4.69) is 4.74 Å². The van der Waals surface area contributed by atoms with Gasteiger partial charge >= 0.3 is 24.2 Å². The molecule has 118 valence electrons. The van der Waals surface area contributed by atoms with Gasteiger partial charge in [-0.15, -0.1) is 0 Å². The first-order chi connectivity index (χ1) is 8.61. The number of ether oxygens (including phenoxy) is 1. The second-order valence-corrected chi connectivity index (χ2v) is 3.77. The largest absolute Gasteiger partial charge is 0.466 e. The van der Waals surface area contributed by atoms with Gasteiger partial charge in [-0.1, -0.05) is 0 Å². The zero-order chi connectivity index (χ0) is 16.1. The third kappa shape index (κ3) is 2.77. The molecule has 0 aromatic heterocycles. The van der Waals surface area contributed by atoms with Gasteiger partial charge in [0.25, 0.3) is 6.10 Å². The van der Waals surface area contributed by atoms with Crippen LogP contribution in [0.15, 0.2) is 11.6 Å². The van der Waals surface area contributed by atoms with Gasteiger partial charge in [0, 0.05) is 0 Å². The Labute approximate surface area is 103 Å². The summed E-state index contributed by atoms with van der Waals surface area (Å²) in [5.41, 5.74) is 0. The summed E-state index contributed by atoms with van der Waals surface area (Å²) in [4.78, 5) is 0. The van der Waals surface area contributed by atoms with Crippen LogP contribution in [-0.2, 0) is 4.74 Å². The first-order valence-corrected chi connectivity index (χ1v) is 4.55. The van der Waals surface area contributed by atoms with Crippen molar-refractivity contribution in [2.75, 3.05) is 0 Å². The van der Waals surface area contributed by atoms with Crippen LogP contribution in [0.2, 0.25) is 0 Å². The average Bonchev–Trinajstić information content (AvgIpc) is 2.25. The monoisotopic (exact) mass is 324 g/mol. The maximum absolute atomic E-state index is 12.9. The van der Waals surface area contributed by atoms with Crippen molar-refractivity contribution in [2.24, 2.45) is 0 Å². The molecule has 1 nitrogen and oxygen atoms in total. The van der Waals surface area contributed by atoms with Crippen LogP contribution in [0.5, 0.6) is 0 Å². The Balaban J connectivity index is 3.17. The number of halogens is 11. The van der Waals surface area contributed by atoms with E-state index in [4.69, 9.17) is 0 Å². The zero-order valence-electron chi connectivity index (χ0n) is 8.85. The Bertz CT molecular complexity index is 401. The smallest absolute Gasteiger partial charge is 0.434 e. The molecule has 20 heavy (non-hydrogen) atoms. The highest BCUT2D eigenvalue weighted by molar-refractivity contribution is 5.25. The molecule has 0 aromatic rings. The second kappa shape index (κ2) is 4.38. The SMILES string of the molecule is FC1=C(OC(C(F)(F)F)C(F)(F)F)C(F)(F)C(F)(F)C1. The topological polar surface area (TPSA) is 9.23 Å². The van der Waals surface area contributed by atoms with Gasteiger partial charge < -0.3 is 4.74 Å². The highest BCUT2D eigenvalue weighted by Gasteiger charge is 2.69. The molecule has 0 spiro atoms. The molecule has 0 saturated heterocycles. The van der Waals surface area contributed by atoms with E-state index in [1.54, 1.807) is 0 Å². The van der Waals surface area contributed by atoms with Crippen LogP contribution in [0.3, 0.4) is 0 Å². The van der Waals surface area contributed by atoms with Crippen LogP contribution in [0.4, 0.5) is 48.3 Å². The van der Waals surface area contributed by atoms with Gasteiger partial charge in [-0.3, -0.25) is 0 Å². The lowest BCUT2D eigenvalue weighted by Gasteiger charge is -2.27. The molecule has 0 N–H and O–H groups in total. The van der Waals surface area contributed by atoms with Crippen LogP contribution in [0, 0.1) is 0 Å². The average molecular weight is 324 g/mol. The summed E-state index contributed by atoms with van der Waals surface area (Å²) in [5, 5.41) is 0. The molecule has 0 aromatic carbocycles. The number of allylic oxidation sites excluding steroid dienone is 2. The fourth-order valence-electron chi connectivity index (χ4n) is 1.30. The molecule has 0 amide bonds. The van der Waals surface area contributed by atoms with Crippen LogP contribution in [0.25, 0.3) is 0 Å². The predicted molar refractivity (Wildman–Crippen MR) is 39.6 cm³/mol. The van der Waals surface area contributed by atoms with Gasteiger partial charge in [0.15, 0.2) is 5.83 Å². The van der Waals surface area contributed by atoms with Crippen molar-refractivity contribution in [1.82, 2.24) is 0 Å². The lowest BCUT2D eigenvalue weighted by Crippen LogP contribution is -2.47. The number of hydrogen-bond donors (Lipinski definition) is 0. The van der Waals surface area contributed by atoms with E-state index in [0.717, 1.165) is 0 Å². The van der Waals surface area contributed by atoms with E-state index in [9.17, 15) is 48.3 Å². The maximum Gasteiger partial charge on any atom is 0.434 e. The summed E-state index contributed by atoms with van der Waals surface area (Å²) in [6.45, 7) is 0. The van der Waals surface area contributed by atoms with Crippen molar-refractivity contribution in [1.29, 1.82) is 0 Å². The molecule has 0 fully saturated rings. The minimum Gasteiger partial charge on any atom is -0.466 e. The fraction of sp³-hybridized carbons (Fsp3) is 0.750. The first-order valence-electron chi connectivity index (χ1n) is 4.55. The molecule has 0 atom stereocenters. The number of rotatable bonds is 2. The first kappa shape index (κ1) is 16.8. The molecular formula is C8H3F11O. The Morgan fingerprint density at radius 2 is 1.30 bits per heavy atom. The fourth-order valence-corrected chi connectivity index (χ4v) is 1.30. The van der Waals surface area contributed by atoms with Gasteiger partial charge in [-0.25, -0.2) is 4.39 Å². The van der Waals surface area contributed by atoms with Crippen LogP contribution in [-0.4, -0.2) is 30.3 Å². The van der Waals surface area contributed by atoms with E-state index in [0.29, 0.717) is 0 Å². The van der Waals surface area contributed by atoms with Crippen molar-refractivity contribution in [3.05, 3.63) is 11.6 Å². The third-order valence-electron chi connectivity index (χ3n) is 2.20. The van der Waals surface area contributed by atoms with E-state index in [1.165, 1.54) is 0 Å². The molecule has 0 radical (unpaired) electrons. The molecule has 12 heteroatoms. The lowest BCUT2D eigenvalue weighted by atomic mass is 10.2. The molecule has 1 aliphatic rings. The quantitative estimate of drug-likeness (QED) is 0.686. The van der Waals surface area contributed by atoms with Crippen molar-refractivity contribution in [3.63, 3.8) is 0 Å². The van der Waals surface area contributed by atoms with E-state index in [1.807, 2.05) is 0 Å². The summed E-state index contributed by atoms with van der Waals surface area (Å²) in [5.74, 6) is -16.3.